The molecule has 0 aromatic heterocycles. The smallest absolute Gasteiger partial charge is 0.119 e. The first-order chi connectivity index (χ1) is 6.80. The first-order valence-corrected chi connectivity index (χ1v) is 7.39. The fourth-order valence-corrected chi connectivity index (χ4v) is 2.96. The molecule has 11 heavy (non-hydrogen) atoms. The average molecular weight is 175 g/mol. The van der Waals surface area contributed by atoms with E-state index in [-0.39, 0.29) is 5.92 Å². The molecule has 0 saturated heterocycles. The van der Waals surface area contributed by atoms with Gasteiger partial charge < -0.3 is 4.98 Å². The van der Waals surface area contributed by atoms with E-state index in [4.69, 9.17) is 5.48 Å². The van der Waals surface area contributed by atoms with Crippen LogP contribution in [0.2, 0.25) is 19.1 Å². The zero-order valence-corrected chi connectivity index (χ0v) is 8.59. The van der Waals surface area contributed by atoms with Crippen molar-refractivity contribution >= 4 is 8.24 Å². The summed E-state index contributed by atoms with van der Waals surface area (Å²) in [4.78, 5) is 3.29. The molecule has 1 aliphatic rings. The predicted molar refractivity (Wildman–Crippen MR) is 53.3 cm³/mol. The molecule has 1 N–H and O–H groups in total. The van der Waals surface area contributed by atoms with E-state index in [1.165, 1.54) is 0 Å². The van der Waals surface area contributed by atoms with Crippen molar-refractivity contribution in [2.75, 3.05) is 7.05 Å². The normalized spacial score (nSPS) is 57.9. The Morgan fingerprint density at radius 2 is 2.00 bits per heavy atom. The lowest BCUT2D eigenvalue weighted by Gasteiger charge is -2.24. The van der Waals surface area contributed by atoms with Gasteiger partial charge in [0.15, 0.2) is 0 Å². The standard InChI is InChI=1S/C9H21NSi/c1-10-11(2,3)8-9-6-4-5-7-9/h9-10H,4-8H2,1-3H3/i4D,5D,6D,7D. The zero-order chi connectivity index (χ0) is 11.8. The van der Waals surface area contributed by atoms with Gasteiger partial charge in [0.25, 0.3) is 0 Å². The summed E-state index contributed by atoms with van der Waals surface area (Å²) in [6.45, 7) is 4.34. The van der Waals surface area contributed by atoms with Crippen molar-refractivity contribution in [3.05, 3.63) is 0 Å². The largest absolute Gasteiger partial charge is 0.340 e. The SMILES string of the molecule is [2H]C1C([2H])C([2H])C(C[Si](C)(C)NC)C1[2H]. The molecule has 0 aromatic carbocycles. The number of hydrogen-bond donors (Lipinski definition) is 1. The third kappa shape index (κ3) is 2.95. The fourth-order valence-electron chi connectivity index (χ4n) is 1.31. The Morgan fingerprint density at radius 3 is 2.45 bits per heavy atom. The van der Waals surface area contributed by atoms with Gasteiger partial charge in [-0.25, -0.2) is 0 Å². The van der Waals surface area contributed by atoms with Crippen LogP contribution in [-0.4, -0.2) is 15.3 Å². The van der Waals surface area contributed by atoms with E-state index in [1.54, 1.807) is 0 Å². The summed E-state index contributed by atoms with van der Waals surface area (Å²) >= 11 is 0. The molecule has 1 nitrogen and oxygen atoms in total. The van der Waals surface area contributed by atoms with Crippen LogP contribution in [0.3, 0.4) is 0 Å². The Bertz CT molecular complexity index is 212. The van der Waals surface area contributed by atoms with Crippen LogP contribution in [0.15, 0.2) is 0 Å². The van der Waals surface area contributed by atoms with Gasteiger partial charge in [-0.3, -0.25) is 0 Å². The second-order valence-corrected chi connectivity index (χ2v) is 8.45. The molecule has 0 amide bonds. The van der Waals surface area contributed by atoms with Crippen LogP contribution in [0.25, 0.3) is 0 Å². The summed E-state index contributed by atoms with van der Waals surface area (Å²) in [5, 5.41) is 0. The maximum absolute atomic E-state index is 7.88. The van der Waals surface area contributed by atoms with Crippen LogP contribution >= 0.6 is 0 Å². The maximum Gasteiger partial charge on any atom is 0.119 e. The van der Waals surface area contributed by atoms with Crippen molar-refractivity contribution in [2.24, 2.45) is 5.92 Å². The molecule has 1 aliphatic carbocycles. The molecule has 1 fully saturated rings. The van der Waals surface area contributed by atoms with Crippen LogP contribution in [0.1, 0.15) is 31.1 Å². The molecule has 66 valence electrons. The van der Waals surface area contributed by atoms with Crippen LogP contribution in [0.4, 0.5) is 0 Å². The highest BCUT2D eigenvalue weighted by atomic mass is 28.3. The topological polar surface area (TPSA) is 12.0 Å². The number of nitrogens with one attached hydrogen (secondary N) is 1. The second kappa shape index (κ2) is 3.72. The summed E-state index contributed by atoms with van der Waals surface area (Å²) in [7, 11) is 0.384. The van der Waals surface area contributed by atoms with Gasteiger partial charge in [0, 0.05) is 5.48 Å². The third-order valence-corrected chi connectivity index (χ3v) is 5.10. The van der Waals surface area contributed by atoms with E-state index in [0.29, 0.717) is 0 Å². The highest BCUT2D eigenvalue weighted by Crippen LogP contribution is 2.30. The lowest BCUT2D eigenvalue weighted by atomic mass is 10.1. The summed E-state index contributed by atoms with van der Waals surface area (Å²) < 4.78 is 31.1. The Hall–Kier alpha value is 0.177. The van der Waals surface area contributed by atoms with Gasteiger partial charge in [-0.2, -0.15) is 0 Å². The average Bonchev–Trinajstić information content (AvgIpc) is 2.36. The Balaban J connectivity index is 2.70. The molecule has 0 heterocycles. The van der Waals surface area contributed by atoms with Crippen molar-refractivity contribution in [1.82, 2.24) is 4.98 Å². The fraction of sp³-hybridized carbons (Fsp3) is 1.00. The second-order valence-electron chi connectivity index (χ2n) is 3.77. The molecule has 0 radical (unpaired) electrons. The summed E-state index contributed by atoms with van der Waals surface area (Å²) in [6.07, 6.45) is -2.48. The van der Waals surface area contributed by atoms with Gasteiger partial charge in [-0.05, 0) is 19.0 Å². The zero-order valence-electron chi connectivity index (χ0n) is 11.6. The molecule has 4 atom stereocenters. The molecule has 2 heteroatoms. The number of hydrogen-bond acceptors (Lipinski definition) is 1. The molecule has 0 aromatic rings. The Labute approximate surface area is 77.3 Å². The molecular formula is C9H21NSi. The van der Waals surface area contributed by atoms with Crippen LogP contribution in [0.5, 0.6) is 0 Å². The molecule has 0 aliphatic heterocycles. The van der Waals surface area contributed by atoms with Crippen molar-refractivity contribution < 1.29 is 5.48 Å². The predicted octanol–water partition coefficient (Wildman–Crippen LogP) is 2.60. The highest BCUT2D eigenvalue weighted by molar-refractivity contribution is 6.74. The van der Waals surface area contributed by atoms with E-state index >= 15 is 0 Å². The molecule has 0 bridgehead atoms. The molecule has 1 saturated carbocycles. The Morgan fingerprint density at radius 1 is 1.45 bits per heavy atom. The minimum absolute atomic E-state index is 0.0934. The van der Waals surface area contributed by atoms with Gasteiger partial charge in [0.1, 0.15) is 8.24 Å². The van der Waals surface area contributed by atoms with Gasteiger partial charge in [-0.15, -0.1) is 0 Å². The Kier molecular flexibility index (Phi) is 1.70. The van der Waals surface area contributed by atoms with Crippen LogP contribution in [0, 0.1) is 5.92 Å². The maximum atomic E-state index is 7.88. The van der Waals surface area contributed by atoms with Crippen molar-refractivity contribution in [3.63, 3.8) is 0 Å². The van der Waals surface area contributed by atoms with Crippen molar-refractivity contribution in [3.8, 4) is 0 Å². The first kappa shape index (κ1) is 5.03. The molecule has 4 unspecified atom stereocenters. The monoisotopic (exact) mass is 175 g/mol. The van der Waals surface area contributed by atoms with Crippen LogP contribution < -0.4 is 4.98 Å². The highest BCUT2D eigenvalue weighted by Gasteiger charge is 2.25. The molecule has 0 spiro atoms. The van der Waals surface area contributed by atoms with E-state index in [2.05, 4.69) is 18.1 Å². The van der Waals surface area contributed by atoms with Crippen molar-refractivity contribution in [2.45, 2.75) is 44.7 Å². The van der Waals surface area contributed by atoms with Gasteiger partial charge in [0.05, 0.1) is 0 Å². The van der Waals surface area contributed by atoms with E-state index in [9.17, 15) is 0 Å². The molecule has 1 rings (SSSR count). The molecular weight excluding hydrogens is 150 g/mol. The lowest BCUT2D eigenvalue weighted by molar-refractivity contribution is 0.597. The minimum atomic E-state index is -1.54. The summed E-state index contributed by atoms with van der Waals surface area (Å²) in [6, 6.07) is 0.830. The quantitative estimate of drug-likeness (QED) is 0.650. The third-order valence-electron chi connectivity index (χ3n) is 2.25. The van der Waals surface area contributed by atoms with E-state index < -0.39 is 33.8 Å². The van der Waals surface area contributed by atoms with Gasteiger partial charge in [0.2, 0.25) is 0 Å². The van der Waals surface area contributed by atoms with Gasteiger partial charge >= 0.3 is 0 Å². The summed E-state index contributed by atoms with van der Waals surface area (Å²) in [5.41, 5.74) is 0. The van der Waals surface area contributed by atoms with E-state index in [0.717, 1.165) is 6.04 Å². The first-order valence-electron chi connectivity index (χ1n) is 6.49. The lowest BCUT2D eigenvalue weighted by Crippen LogP contribution is -2.43. The van der Waals surface area contributed by atoms with Crippen molar-refractivity contribution in [1.29, 1.82) is 0 Å². The minimum Gasteiger partial charge on any atom is -0.340 e. The number of rotatable bonds is 3. The van der Waals surface area contributed by atoms with Crippen LogP contribution in [-0.2, 0) is 0 Å². The summed E-state index contributed by atoms with van der Waals surface area (Å²) in [5.74, 6) is -0.0934. The van der Waals surface area contributed by atoms with E-state index in [1.807, 2.05) is 7.05 Å². The van der Waals surface area contributed by atoms with Gasteiger partial charge in [-0.1, -0.05) is 38.7 Å².